The van der Waals surface area contributed by atoms with E-state index in [1.54, 1.807) is 0 Å². The van der Waals surface area contributed by atoms with Gasteiger partial charge in [-0.2, -0.15) is 0 Å². The third kappa shape index (κ3) is 3.27. The maximum atomic E-state index is 10.7. The molecule has 0 spiro atoms. The van der Waals surface area contributed by atoms with Crippen LogP contribution in [0.15, 0.2) is 5.16 Å². The number of rotatable bonds is 7. The molecule has 0 radical (unpaired) electrons. The van der Waals surface area contributed by atoms with Gasteiger partial charge in [-0.25, -0.2) is 0 Å². The third-order valence-electron chi connectivity index (χ3n) is 3.21. The van der Waals surface area contributed by atoms with Gasteiger partial charge in [0.05, 0.1) is 11.9 Å². The van der Waals surface area contributed by atoms with Crippen molar-refractivity contribution in [1.29, 1.82) is 0 Å². The van der Waals surface area contributed by atoms with Crippen molar-refractivity contribution in [3.05, 3.63) is 5.82 Å². The number of aromatic nitrogens is 3. The van der Waals surface area contributed by atoms with Crippen LogP contribution in [0.5, 0.6) is 0 Å². The van der Waals surface area contributed by atoms with E-state index in [9.17, 15) is 4.79 Å². The van der Waals surface area contributed by atoms with Gasteiger partial charge in [0.2, 0.25) is 0 Å². The summed E-state index contributed by atoms with van der Waals surface area (Å²) in [6.45, 7) is 4.77. The zero-order valence-corrected chi connectivity index (χ0v) is 12.0. The zero-order chi connectivity index (χ0) is 13.8. The first kappa shape index (κ1) is 14.3. The minimum absolute atomic E-state index is 0.0173. The van der Waals surface area contributed by atoms with Gasteiger partial charge < -0.3 is 14.4 Å². The van der Waals surface area contributed by atoms with Crippen molar-refractivity contribution in [2.45, 2.75) is 50.4 Å². The summed E-state index contributed by atoms with van der Waals surface area (Å²) < 4.78 is 7.65. The van der Waals surface area contributed by atoms with Gasteiger partial charge in [0.1, 0.15) is 5.82 Å². The molecule has 0 aromatic carbocycles. The summed E-state index contributed by atoms with van der Waals surface area (Å²) in [5.41, 5.74) is 0. The molecule has 1 aromatic rings. The first-order valence-corrected chi connectivity index (χ1v) is 7.54. The average molecular weight is 285 g/mol. The lowest BCUT2D eigenvalue weighted by atomic mass is 9.89. The second-order valence-electron chi connectivity index (χ2n) is 4.51. The van der Waals surface area contributed by atoms with Crippen molar-refractivity contribution >= 4 is 17.7 Å². The van der Waals surface area contributed by atoms with Gasteiger partial charge in [-0.3, -0.25) is 4.79 Å². The molecular formula is C12H19N3O3S. The monoisotopic (exact) mass is 285 g/mol. The Hall–Kier alpha value is -1.08. The van der Waals surface area contributed by atoms with E-state index in [2.05, 4.69) is 14.8 Å². The van der Waals surface area contributed by atoms with Crippen LogP contribution < -0.4 is 0 Å². The minimum atomic E-state index is -0.835. The molecule has 6 nitrogen and oxygen atoms in total. The molecule has 2 rings (SSSR count). The second-order valence-corrected chi connectivity index (χ2v) is 5.45. The number of ether oxygens (including phenoxy) is 1. The fourth-order valence-corrected chi connectivity index (χ4v) is 3.01. The summed E-state index contributed by atoms with van der Waals surface area (Å²) in [5.74, 6) is 0.106. The molecule has 0 aliphatic heterocycles. The molecule has 1 heterocycles. The number of hydrogen-bond donors (Lipinski definition) is 1. The highest BCUT2D eigenvalue weighted by Gasteiger charge is 2.34. The lowest BCUT2D eigenvalue weighted by molar-refractivity contribution is -0.133. The van der Waals surface area contributed by atoms with E-state index in [4.69, 9.17) is 9.84 Å². The summed E-state index contributed by atoms with van der Waals surface area (Å²) in [6, 6.07) is 0.345. The highest BCUT2D eigenvalue weighted by atomic mass is 32.2. The highest BCUT2D eigenvalue weighted by Crippen LogP contribution is 2.37. The fourth-order valence-electron chi connectivity index (χ4n) is 2.26. The van der Waals surface area contributed by atoms with Crippen molar-refractivity contribution in [3.63, 3.8) is 0 Å². The quantitative estimate of drug-likeness (QED) is 0.769. The van der Waals surface area contributed by atoms with E-state index in [0.717, 1.165) is 31.7 Å². The molecule has 106 valence electrons. The van der Waals surface area contributed by atoms with E-state index in [1.165, 1.54) is 11.8 Å². The Morgan fingerprint density at radius 3 is 2.79 bits per heavy atom. The number of nitrogens with zero attached hydrogens (tertiary/aromatic N) is 3. The number of thioether (sulfide) groups is 1. The number of hydrogen-bond acceptors (Lipinski definition) is 5. The van der Waals surface area contributed by atoms with Crippen molar-refractivity contribution in [3.8, 4) is 0 Å². The normalized spacial score (nSPS) is 22.2. The van der Waals surface area contributed by atoms with E-state index in [0.29, 0.717) is 17.3 Å². The number of carboxylic acids is 1. The maximum absolute atomic E-state index is 10.7. The average Bonchev–Trinajstić information content (AvgIpc) is 2.73. The van der Waals surface area contributed by atoms with Gasteiger partial charge in [-0.1, -0.05) is 18.7 Å². The third-order valence-corrected chi connectivity index (χ3v) is 4.14. The lowest BCUT2D eigenvalue weighted by Crippen LogP contribution is -2.34. The first-order valence-electron chi connectivity index (χ1n) is 6.55. The fraction of sp³-hybridized carbons (Fsp3) is 0.750. The molecular weight excluding hydrogens is 266 g/mol. The Bertz CT molecular complexity index is 443. The second kappa shape index (κ2) is 6.38. The summed E-state index contributed by atoms with van der Waals surface area (Å²) in [7, 11) is 0. The van der Waals surface area contributed by atoms with Crippen molar-refractivity contribution in [2.75, 3.05) is 12.4 Å². The Balaban J connectivity index is 2.05. The molecule has 1 aliphatic carbocycles. The maximum Gasteiger partial charge on any atom is 0.313 e. The smallest absolute Gasteiger partial charge is 0.313 e. The Morgan fingerprint density at radius 2 is 2.21 bits per heavy atom. The molecule has 1 saturated carbocycles. The minimum Gasteiger partial charge on any atom is -0.481 e. The van der Waals surface area contributed by atoms with Crippen LogP contribution in [0.1, 0.15) is 38.6 Å². The zero-order valence-electron chi connectivity index (χ0n) is 11.2. The molecule has 0 atom stereocenters. The van der Waals surface area contributed by atoms with Crippen LogP contribution in [0.4, 0.5) is 0 Å². The number of aliphatic carboxylic acids is 1. The number of carbonyl (C=O) groups is 1. The van der Waals surface area contributed by atoms with Crippen LogP contribution in [0.3, 0.4) is 0 Å². The summed E-state index contributed by atoms with van der Waals surface area (Å²) in [4.78, 5) is 10.7. The molecule has 7 heteroatoms. The topological polar surface area (TPSA) is 77.2 Å². The Kier molecular flexibility index (Phi) is 4.81. The summed E-state index contributed by atoms with van der Waals surface area (Å²) in [6.07, 6.45) is 3.04. The van der Waals surface area contributed by atoms with Crippen LogP contribution in [-0.4, -0.2) is 44.3 Å². The molecule has 1 fully saturated rings. The predicted molar refractivity (Wildman–Crippen MR) is 71.4 cm³/mol. The van der Waals surface area contributed by atoms with Gasteiger partial charge in [0, 0.05) is 19.1 Å². The van der Waals surface area contributed by atoms with E-state index >= 15 is 0 Å². The highest BCUT2D eigenvalue weighted by molar-refractivity contribution is 7.99. The molecule has 1 aromatic heterocycles. The Labute approximate surface area is 116 Å². The van der Waals surface area contributed by atoms with Gasteiger partial charge in [0.15, 0.2) is 5.16 Å². The summed E-state index contributed by atoms with van der Waals surface area (Å²) in [5, 5.41) is 17.7. The van der Waals surface area contributed by atoms with Crippen LogP contribution in [-0.2, 0) is 16.0 Å². The molecule has 0 bridgehead atoms. The number of carboxylic acid groups (broad SMARTS) is 1. The molecule has 0 unspecified atom stereocenters. The van der Waals surface area contributed by atoms with Crippen molar-refractivity contribution in [1.82, 2.24) is 14.8 Å². The van der Waals surface area contributed by atoms with Gasteiger partial charge >= 0.3 is 5.97 Å². The lowest BCUT2D eigenvalue weighted by Gasteiger charge is -2.36. The van der Waals surface area contributed by atoms with E-state index in [-0.39, 0.29) is 5.75 Å². The number of aryl methyl sites for hydroxylation is 1. The van der Waals surface area contributed by atoms with Gasteiger partial charge in [0.25, 0.3) is 0 Å². The van der Waals surface area contributed by atoms with Crippen molar-refractivity contribution in [2.24, 2.45) is 0 Å². The predicted octanol–water partition coefficient (Wildman–Crippen LogP) is 1.76. The SMILES string of the molecule is CCOC1CC(n2c(CC)nnc2SCC(=O)O)C1. The molecule has 0 saturated heterocycles. The van der Waals surface area contributed by atoms with Gasteiger partial charge in [-0.15, -0.1) is 10.2 Å². The Morgan fingerprint density at radius 1 is 1.47 bits per heavy atom. The van der Waals surface area contributed by atoms with Gasteiger partial charge in [-0.05, 0) is 19.8 Å². The van der Waals surface area contributed by atoms with Crippen LogP contribution in [0, 0.1) is 0 Å². The van der Waals surface area contributed by atoms with E-state index < -0.39 is 5.97 Å². The first-order chi connectivity index (χ1) is 9.15. The molecule has 19 heavy (non-hydrogen) atoms. The van der Waals surface area contributed by atoms with Crippen LogP contribution in [0.25, 0.3) is 0 Å². The molecule has 0 amide bonds. The van der Waals surface area contributed by atoms with Crippen molar-refractivity contribution < 1.29 is 14.6 Å². The summed E-state index contributed by atoms with van der Waals surface area (Å²) >= 11 is 1.23. The molecule has 1 aliphatic rings. The van der Waals surface area contributed by atoms with Crippen LogP contribution in [0.2, 0.25) is 0 Å². The molecule has 1 N–H and O–H groups in total. The standard InChI is InChI=1S/C12H19N3O3S/c1-3-10-13-14-12(19-7-11(16)17)15(10)8-5-9(6-8)18-4-2/h8-9H,3-7H2,1-2H3,(H,16,17). The van der Waals surface area contributed by atoms with E-state index in [1.807, 2.05) is 13.8 Å². The largest absolute Gasteiger partial charge is 0.481 e. The van der Waals surface area contributed by atoms with Crippen LogP contribution >= 0.6 is 11.8 Å².